The Labute approximate surface area is 92.8 Å². The highest BCUT2D eigenvalue weighted by Crippen LogP contribution is 2.29. The van der Waals surface area contributed by atoms with Crippen molar-refractivity contribution in [2.75, 3.05) is 13.1 Å². The smallest absolute Gasteiger partial charge is 0.218 e. The van der Waals surface area contributed by atoms with Crippen LogP contribution in [0.4, 0.5) is 0 Å². The zero-order valence-corrected chi connectivity index (χ0v) is 9.80. The van der Waals surface area contributed by atoms with E-state index in [1.807, 2.05) is 0 Å². The standard InChI is InChI=1S/C12H24N2O/c1-10-2-4-11(5-3-10)6-8-14-9-7-12(13)15/h10-11,14H,2-9H2,1H3,(H2,13,15). The van der Waals surface area contributed by atoms with E-state index in [2.05, 4.69) is 12.2 Å². The van der Waals surface area contributed by atoms with E-state index < -0.39 is 0 Å². The van der Waals surface area contributed by atoms with Gasteiger partial charge in [-0.25, -0.2) is 0 Å². The van der Waals surface area contributed by atoms with Gasteiger partial charge in [0, 0.05) is 13.0 Å². The molecular weight excluding hydrogens is 188 g/mol. The van der Waals surface area contributed by atoms with Crippen molar-refractivity contribution in [3.05, 3.63) is 0 Å². The van der Waals surface area contributed by atoms with Gasteiger partial charge in [-0.3, -0.25) is 4.79 Å². The summed E-state index contributed by atoms with van der Waals surface area (Å²) in [5.41, 5.74) is 5.05. The summed E-state index contributed by atoms with van der Waals surface area (Å²) in [5.74, 6) is 1.63. The minimum Gasteiger partial charge on any atom is -0.370 e. The molecule has 0 spiro atoms. The molecule has 0 saturated heterocycles. The molecule has 3 nitrogen and oxygen atoms in total. The monoisotopic (exact) mass is 212 g/mol. The van der Waals surface area contributed by atoms with E-state index in [0.717, 1.165) is 24.9 Å². The molecular formula is C12H24N2O. The number of nitrogens with one attached hydrogen (secondary N) is 1. The average molecular weight is 212 g/mol. The van der Waals surface area contributed by atoms with E-state index in [-0.39, 0.29) is 5.91 Å². The van der Waals surface area contributed by atoms with Gasteiger partial charge in [0.25, 0.3) is 0 Å². The van der Waals surface area contributed by atoms with Crippen LogP contribution in [0.1, 0.15) is 45.4 Å². The maximum Gasteiger partial charge on any atom is 0.218 e. The predicted octanol–water partition coefficient (Wildman–Crippen LogP) is 1.67. The van der Waals surface area contributed by atoms with Crippen LogP contribution in [0.3, 0.4) is 0 Å². The molecule has 1 aliphatic rings. The molecule has 0 radical (unpaired) electrons. The highest BCUT2D eigenvalue weighted by Gasteiger charge is 2.17. The summed E-state index contributed by atoms with van der Waals surface area (Å²) in [6.45, 7) is 4.12. The van der Waals surface area contributed by atoms with E-state index in [0.29, 0.717) is 6.42 Å². The summed E-state index contributed by atoms with van der Waals surface area (Å²) in [7, 11) is 0. The average Bonchev–Trinajstić information content (AvgIpc) is 2.20. The fourth-order valence-electron chi connectivity index (χ4n) is 2.26. The summed E-state index contributed by atoms with van der Waals surface area (Å²) in [5, 5.41) is 3.27. The van der Waals surface area contributed by atoms with E-state index in [1.165, 1.54) is 32.1 Å². The lowest BCUT2D eigenvalue weighted by Crippen LogP contribution is -2.25. The van der Waals surface area contributed by atoms with Gasteiger partial charge in [-0.2, -0.15) is 0 Å². The lowest BCUT2D eigenvalue weighted by molar-refractivity contribution is -0.117. The molecule has 0 atom stereocenters. The minimum atomic E-state index is -0.214. The molecule has 88 valence electrons. The van der Waals surface area contributed by atoms with Gasteiger partial charge in [0.15, 0.2) is 0 Å². The highest BCUT2D eigenvalue weighted by atomic mass is 16.1. The molecule has 0 heterocycles. The number of hydrogen-bond acceptors (Lipinski definition) is 2. The minimum absolute atomic E-state index is 0.214. The van der Waals surface area contributed by atoms with Crippen LogP contribution < -0.4 is 11.1 Å². The second kappa shape index (κ2) is 6.83. The third kappa shape index (κ3) is 5.78. The van der Waals surface area contributed by atoms with Crippen molar-refractivity contribution in [1.82, 2.24) is 5.32 Å². The zero-order chi connectivity index (χ0) is 11.1. The maximum absolute atomic E-state index is 10.5. The van der Waals surface area contributed by atoms with Crippen LogP contribution >= 0.6 is 0 Å². The van der Waals surface area contributed by atoms with Crippen molar-refractivity contribution >= 4 is 5.91 Å². The Balaban J connectivity index is 1.94. The Morgan fingerprint density at radius 3 is 2.53 bits per heavy atom. The SMILES string of the molecule is CC1CCC(CCNCCC(N)=O)CC1. The third-order valence-corrected chi connectivity index (χ3v) is 3.41. The summed E-state index contributed by atoms with van der Waals surface area (Å²) >= 11 is 0. The molecule has 0 bridgehead atoms. The molecule has 0 aromatic heterocycles. The number of carbonyl (C=O) groups is 1. The van der Waals surface area contributed by atoms with Crippen molar-refractivity contribution < 1.29 is 4.79 Å². The van der Waals surface area contributed by atoms with Gasteiger partial charge in [-0.1, -0.05) is 32.6 Å². The zero-order valence-electron chi connectivity index (χ0n) is 9.80. The molecule has 1 rings (SSSR count). The van der Waals surface area contributed by atoms with Gasteiger partial charge in [0.05, 0.1) is 0 Å². The maximum atomic E-state index is 10.5. The summed E-state index contributed by atoms with van der Waals surface area (Å²) in [4.78, 5) is 10.5. The van der Waals surface area contributed by atoms with E-state index in [9.17, 15) is 4.79 Å². The van der Waals surface area contributed by atoms with Crippen LogP contribution in [0.25, 0.3) is 0 Å². The van der Waals surface area contributed by atoms with Crippen LogP contribution in [-0.4, -0.2) is 19.0 Å². The summed E-state index contributed by atoms with van der Waals surface area (Å²) in [6.07, 6.45) is 7.28. The number of carbonyl (C=O) groups excluding carboxylic acids is 1. The third-order valence-electron chi connectivity index (χ3n) is 3.41. The number of hydrogen-bond donors (Lipinski definition) is 2. The first-order valence-corrected chi connectivity index (χ1v) is 6.17. The van der Waals surface area contributed by atoms with Crippen LogP contribution in [-0.2, 0) is 4.79 Å². The molecule has 0 unspecified atom stereocenters. The lowest BCUT2D eigenvalue weighted by Gasteiger charge is -2.26. The molecule has 0 aromatic rings. The van der Waals surface area contributed by atoms with E-state index >= 15 is 0 Å². The number of rotatable bonds is 6. The Bertz CT molecular complexity index is 186. The Morgan fingerprint density at radius 1 is 1.27 bits per heavy atom. The first-order chi connectivity index (χ1) is 7.18. The summed E-state index contributed by atoms with van der Waals surface area (Å²) < 4.78 is 0. The molecule has 1 aliphatic carbocycles. The first kappa shape index (κ1) is 12.5. The van der Waals surface area contributed by atoms with Crippen LogP contribution in [0.2, 0.25) is 0 Å². The van der Waals surface area contributed by atoms with E-state index in [4.69, 9.17) is 5.73 Å². The van der Waals surface area contributed by atoms with Crippen LogP contribution in [0.15, 0.2) is 0 Å². The molecule has 0 aromatic carbocycles. The normalized spacial score (nSPS) is 26.5. The topological polar surface area (TPSA) is 55.1 Å². The Kier molecular flexibility index (Phi) is 5.69. The second-order valence-electron chi connectivity index (χ2n) is 4.88. The van der Waals surface area contributed by atoms with Gasteiger partial charge < -0.3 is 11.1 Å². The van der Waals surface area contributed by atoms with Gasteiger partial charge in [0.2, 0.25) is 5.91 Å². The Morgan fingerprint density at radius 2 is 1.93 bits per heavy atom. The van der Waals surface area contributed by atoms with Crippen molar-refractivity contribution in [2.24, 2.45) is 17.6 Å². The molecule has 1 amide bonds. The molecule has 0 aliphatic heterocycles. The van der Waals surface area contributed by atoms with Gasteiger partial charge in [-0.05, 0) is 24.8 Å². The largest absolute Gasteiger partial charge is 0.370 e. The number of primary amides is 1. The van der Waals surface area contributed by atoms with Crippen molar-refractivity contribution in [2.45, 2.75) is 45.4 Å². The number of amides is 1. The second-order valence-corrected chi connectivity index (χ2v) is 4.88. The van der Waals surface area contributed by atoms with Crippen molar-refractivity contribution in [3.63, 3.8) is 0 Å². The molecule has 1 fully saturated rings. The Hall–Kier alpha value is -0.570. The van der Waals surface area contributed by atoms with Crippen molar-refractivity contribution in [3.8, 4) is 0 Å². The molecule has 1 saturated carbocycles. The fourth-order valence-corrected chi connectivity index (χ4v) is 2.26. The quantitative estimate of drug-likeness (QED) is 0.658. The molecule has 3 N–H and O–H groups in total. The highest BCUT2D eigenvalue weighted by molar-refractivity contribution is 5.73. The van der Waals surface area contributed by atoms with E-state index in [1.54, 1.807) is 0 Å². The summed E-state index contributed by atoms with van der Waals surface area (Å²) in [6, 6.07) is 0. The first-order valence-electron chi connectivity index (χ1n) is 6.17. The van der Waals surface area contributed by atoms with Crippen LogP contribution in [0.5, 0.6) is 0 Å². The predicted molar refractivity (Wildman–Crippen MR) is 62.4 cm³/mol. The van der Waals surface area contributed by atoms with Gasteiger partial charge in [-0.15, -0.1) is 0 Å². The lowest BCUT2D eigenvalue weighted by atomic mass is 9.81. The van der Waals surface area contributed by atoms with Gasteiger partial charge in [0.1, 0.15) is 0 Å². The van der Waals surface area contributed by atoms with Crippen molar-refractivity contribution in [1.29, 1.82) is 0 Å². The van der Waals surface area contributed by atoms with Gasteiger partial charge >= 0.3 is 0 Å². The fraction of sp³-hybridized carbons (Fsp3) is 0.917. The molecule has 15 heavy (non-hydrogen) atoms. The molecule has 3 heteroatoms. The number of nitrogens with two attached hydrogens (primary N) is 1. The van der Waals surface area contributed by atoms with Crippen LogP contribution in [0, 0.1) is 11.8 Å².